The summed E-state index contributed by atoms with van der Waals surface area (Å²) >= 11 is 0. The van der Waals surface area contributed by atoms with Crippen LogP contribution in [0.25, 0.3) is 0 Å². The third-order valence-corrected chi connectivity index (χ3v) is 11.8. The molecule has 13 heteroatoms. The van der Waals surface area contributed by atoms with Crippen molar-refractivity contribution in [3.63, 3.8) is 0 Å². The van der Waals surface area contributed by atoms with E-state index in [1.807, 2.05) is 6.07 Å². The number of halogens is 4. The normalized spacial score (nSPS) is 19.2. The topological polar surface area (TPSA) is 118 Å². The lowest BCUT2D eigenvalue weighted by Crippen LogP contribution is -2.50. The SMILES string of the molecule is COc1ccc(/C(C#N)=N/OS(=O)(=O)C(F)(F)C(F)(F)COCc2c(C3CCCCC3)cc(C3CCCCC3)c(O)c2C2CCCCC2)cc1. The second-order valence-corrected chi connectivity index (χ2v) is 15.4. The summed E-state index contributed by atoms with van der Waals surface area (Å²) < 4.78 is 99.8. The van der Waals surface area contributed by atoms with Crippen LogP contribution in [0.3, 0.4) is 0 Å². The number of phenols is 1. The fourth-order valence-electron chi connectivity index (χ4n) is 7.84. The van der Waals surface area contributed by atoms with Gasteiger partial charge in [0, 0.05) is 11.1 Å². The van der Waals surface area contributed by atoms with E-state index >= 15 is 17.6 Å². The Morgan fingerprint density at radius 3 is 1.90 bits per heavy atom. The zero-order valence-electron chi connectivity index (χ0n) is 28.4. The Kier molecular flexibility index (Phi) is 12.4. The van der Waals surface area contributed by atoms with Gasteiger partial charge in [-0.2, -0.15) is 31.2 Å². The van der Waals surface area contributed by atoms with Crippen LogP contribution in [0.4, 0.5) is 17.6 Å². The molecule has 0 atom stereocenters. The van der Waals surface area contributed by atoms with Crippen molar-refractivity contribution in [1.29, 1.82) is 5.26 Å². The molecule has 0 unspecified atom stereocenters. The Labute approximate surface area is 291 Å². The molecule has 3 aliphatic carbocycles. The molecule has 0 spiro atoms. The molecule has 1 N–H and O–H groups in total. The number of nitriles is 1. The van der Waals surface area contributed by atoms with Crippen molar-refractivity contribution in [1.82, 2.24) is 0 Å². The Morgan fingerprint density at radius 1 is 0.860 bits per heavy atom. The van der Waals surface area contributed by atoms with Crippen LogP contribution in [-0.2, 0) is 25.7 Å². The van der Waals surface area contributed by atoms with Crippen LogP contribution in [0.5, 0.6) is 11.5 Å². The van der Waals surface area contributed by atoms with Crippen LogP contribution in [-0.4, -0.2) is 44.1 Å². The first-order chi connectivity index (χ1) is 23.9. The Morgan fingerprint density at radius 2 is 1.38 bits per heavy atom. The standard InChI is InChI=1S/C37H46F4N2O6S/c1-47-29-19-17-27(18-20-29)33(22-42)43-49-50(45,46)37(40,41)36(38,39)24-48-23-32-30(25-11-5-2-6-12-25)21-31(26-13-7-3-8-14-26)35(44)34(32)28-15-9-4-10-16-28/h17-21,25-26,28,44H,2-16,23-24H2,1H3/b43-33+. The van der Waals surface area contributed by atoms with Gasteiger partial charge in [-0.05, 0) is 97.2 Å². The van der Waals surface area contributed by atoms with Gasteiger partial charge in [-0.15, -0.1) is 0 Å². The predicted molar refractivity (Wildman–Crippen MR) is 180 cm³/mol. The van der Waals surface area contributed by atoms with Gasteiger partial charge in [0.1, 0.15) is 24.2 Å². The number of benzene rings is 2. The van der Waals surface area contributed by atoms with Crippen molar-refractivity contribution in [2.45, 2.75) is 132 Å². The number of methoxy groups -OCH3 is 1. The molecule has 0 saturated heterocycles. The van der Waals surface area contributed by atoms with Gasteiger partial charge < -0.3 is 14.6 Å². The molecule has 2 aromatic rings. The molecule has 0 heterocycles. The monoisotopic (exact) mass is 722 g/mol. The largest absolute Gasteiger partial charge is 0.507 e. The average molecular weight is 723 g/mol. The van der Waals surface area contributed by atoms with Crippen molar-refractivity contribution in [3.05, 3.63) is 58.1 Å². The smallest absolute Gasteiger partial charge is 0.446 e. The van der Waals surface area contributed by atoms with E-state index in [2.05, 4.69) is 9.44 Å². The van der Waals surface area contributed by atoms with E-state index in [4.69, 9.17) is 9.47 Å². The maximum absolute atomic E-state index is 15.2. The van der Waals surface area contributed by atoms with Crippen LogP contribution in [0.2, 0.25) is 0 Å². The highest BCUT2D eigenvalue weighted by Crippen LogP contribution is 2.49. The molecule has 2 aromatic carbocycles. The molecule has 0 radical (unpaired) electrons. The number of aromatic hydroxyl groups is 1. The third-order valence-electron chi connectivity index (χ3n) is 10.6. The van der Waals surface area contributed by atoms with Gasteiger partial charge in [0.25, 0.3) is 0 Å². The zero-order valence-corrected chi connectivity index (χ0v) is 29.3. The first-order valence-electron chi connectivity index (χ1n) is 17.7. The van der Waals surface area contributed by atoms with E-state index in [-0.39, 0.29) is 29.1 Å². The number of rotatable bonds is 13. The van der Waals surface area contributed by atoms with Crippen LogP contribution in [0, 0.1) is 11.3 Å². The lowest BCUT2D eigenvalue weighted by atomic mass is 9.73. The van der Waals surface area contributed by atoms with E-state index in [1.165, 1.54) is 37.4 Å². The molecule has 50 heavy (non-hydrogen) atoms. The molecule has 5 rings (SSSR count). The minimum atomic E-state index is -6.38. The van der Waals surface area contributed by atoms with Gasteiger partial charge in [0.2, 0.25) is 0 Å². The number of hydrogen-bond donors (Lipinski definition) is 1. The van der Waals surface area contributed by atoms with Crippen LogP contribution < -0.4 is 4.74 Å². The highest BCUT2D eigenvalue weighted by molar-refractivity contribution is 7.87. The lowest BCUT2D eigenvalue weighted by molar-refractivity contribution is -0.194. The average Bonchev–Trinajstić information content (AvgIpc) is 3.13. The van der Waals surface area contributed by atoms with Gasteiger partial charge in [-0.3, -0.25) is 4.28 Å². The summed E-state index contributed by atoms with van der Waals surface area (Å²) in [5, 5.41) is 18.5. The number of phenolic OH excluding ortho intramolecular Hbond substituents is 1. The minimum Gasteiger partial charge on any atom is -0.507 e. The summed E-state index contributed by atoms with van der Waals surface area (Å²) in [6, 6.07) is 8.91. The fourth-order valence-corrected chi connectivity index (χ4v) is 8.53. The molecule has 8 nitrogen and oxygen atoms in total. The molecule has 274 valence electrons. The molecule has 0 aliphatic heterocycles. The maximum Gasteiger partial charge on any atom is 0.446 e. The lowest BCUT2D eigenvalue weighted by Gasteiger charge is -2.34. The summed E-state index contributed by atoms with van der Waals surface area (Å²) in [4.78, 5) is 0. The van der Waals surface area contributed by atoms with E-state index < -0.39 is 40.2 Å². The van der Waals surface area contributed by atoms with Gasteiger partial charge in [0.05, 0.1) is 13.7 Å². The summed E-state index contributed by atoms with van der Waals surface area (Å²) in [5.74, 6) is -4.40. The number of ether oxygens (including phenoxy) is 2. The molecule has 0 bridgehead atoms. The van der Waals surface area contributed by atoms with E-state index in [0.29, 0.717) is 16.9 Å². The summed E-state index contributed by atoms with van der Waals surface area (Å²) in [7, 11) is -4.99. The first-order valence-corrected chi connectivity index (χ1v) is 19.1. The number of hydrogen-bond acceptors (Lipinski definition) is 8. The van der Waals surface area contributed by atoms with Crippen molar-refractivity contribution in [3.8, 4) is 17.6 Å². The van der Waals surface area contributed by atoms with Crippen molar-refractivity contribution in [2.75, 3.05) is 13.7 Å². The predicted octanol–water partition coefficient (Wildman–Crippen LogP) is 9.56. The van der Waals surface area contributed by atoms with E-state index in [9.17, 15) is 18.8 Å². The van der Waals surface area contributed by atoms with Crippen LogP contribution >= 0.6 is 0 Å². The Bertz CT molecular complexity index is 1640. The summed E-state index contributed by atoms with van der Waals surface area (Å²) in [6.45, 7) is -2.42. The molecular weight excluding hydrogens is 676 g/mol. The molecule has 3 aliphatic rings. The Hall–Kier alpha value is -3.37. The second-order valence-electron chi connectivity index (χ2n) is 13.8. The van der Waals surface area contributed by atoms with E-state index in [0.717, 1.165) is 107 Å². The molecule has 3 fully saturated rings. The van der Waals surface area contributed by atoms with Crippen LogP contribution in [0.1, 0.15) is 142 Å². The first kappa shape index (κ1) is 37.9. The fraction of sp³-hybridized carbons (Fsp3) is 0.622. The Balaban J connectivity index is 1.41. The maximum atomic E-state index is 15.2. The van der Waals surface area contributed by atoms with Crippen molar-refractivity contribution >= 4 is 15.8 Å². The third kappa shape index (κ3) is 8.23. The van der Waals surface area contributed by atoms with E-state index in [1.54, 1.807) is 0 Å². The number of alkyl halides is 4. The second kappa shape index (κ2) is 16.3. The van der Waals surface area contributed by atoms with Gasteiger partial charge in [0.15, 0.2) is 5.71 Å². The van der Waals surface area contributed by atoms with Crippen molar-refractivity contribution < 1.29 is 44.8 Å². The van der Waals surface area contributed by atoms with Gasteiger partial charge >= 0.3 is 21.3 Å². The molecule has 0 aromatic heterocycles. The number of nitrogens with zero attached hydrogens (tertiary/aromatic N) is 2. The minimum absolute atomic E-state index is 0.0118. The molecular formula is C37H46F4N2O6S. The van der Waals surface area contributed by atoms with Gasteiger partial charge in [-0.1, -0.05) is 69.0 Å². The molecule has 0 amide bonds. The number of oxime groups is 1. The zero-order chi connectivity index (χ0) is 35.9. The van der Waals surface area contributed by atoms with Gasteiger partial charge in [-0.25, -0.2) is 0 Å². The highest BCUT2D eigenvalue weighted by Gasteiger charge is 2.68. The summed E-state index contributed by atoms with van der Waals surface area (Å²) in [6.07, 6.45) is 14.6. The quantitative estimate of drug-likeness (QED) is 0.124. The highest BCUT2D eigenvalue weighted by atomic mass is 32.2. The summed E-state index contributed by atoms with van der Waals surface area (Å²) in [5.41, 5.74) is 2.31. The molecule has 3 saturated carbocycles. The van der Waals surface area contributed by atoms with Crippen LogP contribution in [0.15, 0.2) is 35.5 Å². The van der Waals surface area contributed by atoms with Crippen molar-refractivity contribution in [2.24, 2.45) is 5.16 Å².